The standard InChI is InChI=1S/C28H30N6O3S/c35-38(36,33-28-8-3-4-15-30-28)23-11-9-22(10-12-23)31-32-27-14-13-26(24-6-1-2-7-25(24)27)29-16-5-17-34-18-20-37-21-19-34/h1-4,6-15,29H,5,16-21H2,(H,30,33). The van der Waals surface area contributed by atoms with Crippen molar-refractivity contribution in [2.45, 2.75) is 11.3 Å². The highest BCUT2D eigenvalue weighted by molar-refractivity contribution is 7.92. The highest BCUT2D eigenvalue weighted by atomic mass is 32.2. The first-order valence-electron chi connectivity index (χ1n) is 12.6. The molecule has 196 valence electrons. The summed E-state index contributed by atoms with van der Waals surface area (Å²) in [4.78, 5) is 6.56. The Morgan fingerprint density at radius 3 is 2.39 bits per heavy atom. The summed E-state index contributed by atoms with van der Waals surface area (Å²) < 4.78 is 33.1. The first kappa shape index (κ1) is 25.8. The molecule has 0 bridgehead atoms. The molecule has 1 saturated heterocycles. The van der Waals surface area contributed by atoms with Gasteiger partial charge in [0, 0.05) is 42.3 Å². The van der Waals surface area contributed by atoms with Gasteiger partial charge in [0.2, 0.25) is 0 Å². The van der Waals surface area contributed by atoms with Crippen LogP contribution < -0.4 is 10.0 Å². The summed E-state index contributed by atoms with van der Waals surface area (Å²) in [5.41, 5.74) is 2.36. The summed E-state index contributed by atoms with van der Waals surface area (Å²) in [6.45, 7) is 5.58. The minimum atomic E-state index is -3.75. The molecule has 0 saturated carbocycles. The molecule has 0 amide bonds. The third-order valence-electron chi connectivity index (χ3n) is 6.30. The van der Waals surface area contributed by atoms with Crippen LogP contribution in [0.5, 0.6) is 0 Å². The number of hydrogen-bond acceptors (Lipinski definition) is 8. The molecule has 2 N–H and O–H groups in total. The van der Waals surface area contributed by atoms with Crippen LogP contribution in [0.1, 0.15) is 6.42 Å². The van der Waals surface area contributed by atoms with Crippen molar-refractivity contribution in [3.63, 3.8) is 0 Å². The molecular weight excluding hydrogens is 500 g/mol. The fourth-order valence-corrected chi connectivity index (χ4v) is 5.31. The van der Waals surface area contributed by atoms with Crippen LogP contribution in [0.3, 0.4) is 0 Å². The van der Waals surface area contributed by atoms with Gasteiger partial charge in [0.25, 0.3) is 10.0 Å². The van der Waals surface area contributed by atoms with Gasteiger partial charge in [0.15, 0.2) is 0 Å². The van der Waals surface area contributed by atoms with Crippen molar-refractivity contribution in [1.29, 1.82) is 0 Å². The zero-order chi connectivity index (χ0) is 26.2. The van der Waals surface area contributed by atoms with Gasteiger partial charge in [-0.3, -0.25) is 9.62 Å². The van der Waals surface area contributed by atoms with Crippen molar-refractivity contribution >= 4 is 43.7 Å². The number of nitrogens with zero attached hydrogens (tertiary/aromatic N) is 4. The van der Waals surface area contributed by atoms with Gasteiger partial charge in [-0.05, 0) is 61.5 Å². The fraction of sp³-hybridized carbons (Fsp3) is 0.250. The number of pyridine rings is 1. The maximum Gasteiger partial charge on any atom is 0.263 e. The molecule has 0 spiro atoms. The van der Waals surface area contributed by atoms with E-state index in [1.54, 1.807) is 30.3 Å². The van der Waals surface area contributed by atoms with Crippen molar-refractivity contribution in [3.05, 3.63) is 85.1 Å². The van der Waals surface area contributed by atoms with E-state index in [1.165, 1.54) is 18.3 Å². The second-order valence-electron chi connectivity index (χ2n) is 8.93. The Morgan fingerprint density at radius 2 is 1.63 bits per heavy atom. The van der Waals surface area contributed by atoms with Gasteiger partial charge in [-0.15, -0.1) is 5.11 Å². The molecule has 0 unspecified atom stereocenters. The Hall–Kier alpha value is -3.86. The summed E-state index contributed by atoms with van der Waals surface area (Å²) in [6, 6.07) is 23.4. The number of hydrogen-bond donors (Lipinski definition) is 2. The van der Waals surface area contributed by atoms with Crippen molar-refractivity contribution in [3.8, 4) is 0 Å². The third kappa shape index (κ3) is 6.52. The minimum absolute atomic E-state index is 0.122. The molecule has 0 radical (unpaired) electrons. The van der Waals surface area contributed by atoms with Gasteiger partial charge in [-0.25, -0.2) is 13.4 Å². The average molecular weight is 531 g/mol. The summed E-state index contributed by atoms with van der Waals surface area (Å²) in [7, 11) is -3.75. The molecule has 1 fully saturated rings. The summed E-state index contributed by atoms with van der Waals surface area (Å²) in [5.74, 6) is 0.262. The number of nitrogens with one attached hydrogen (secondary N) is 2. The van der Waals surface area contributed by atoms with Crippen LogP contribution in [0.2, 0.25) is 0 Å². The maximum absolute atomic E-state index is 12.6. The molecule has 38 heavy (non-hydrogen) atoms. The lowest BCUT2D eigenvalue weighted by Gasteiger charge is -2.26. The Morgan fingerprint density at radius 1 is 0.868 bits per heavy atom. The zero-order valence-electron chi connectivity index (χ0n) is 21.0. The third-order valence-corrected chi connectivity index (χ3v) is 7.67. The zero-order valence-corrected chi connectivity index (χ0v) is 21.8. The largest absolute Gasteiger partial charge is 0.384 e. The van der Waals surface area contributed by atoms with Gasteiger partial charge < -0.3 is 10.1 Å². The van der Waals surface area contributed by atoms with Crippen molar-refractivity contribution < 1.29 is 13.2 Å². The molecule has 1 aliphatic rings. The van der Waals surface area contributed by atoms with E-state index in [9.17, 15) is 8.42 Å². The van der Waals surface area contributed by atoms with Crippen molar-refractivity contribution in [1.82, 2.24) is 9.88 Å². The molecule has 10 heteroatoms. The Bertz CT molecular complexity index is 1490. The molecule has 9 nitrogen and oxygen atoms in total. The van der Waals surface area contributed by atoms with E-state index in [0.29, 0.717) is 5.69 Å². The molecule has 0 atom stereocenters. The number of benzene rings is 3. The topological polar surface area (TPSA) is 108 Å². The van der Waals surface area contributed by atoms with Crippen LogP contribution in [0.15, 0.2) is 100 Å². The van der Waals surface area contributed by atoms with E-state index in [0.717, 1.165) is 68.0 Å². The number of aromatic nitrogens is 1. The maximum atomic E-state index is 12.6. The highest BCUT2D eigenvalue weighted by Gasteiger charge is 2.14. The second kappa shape index (κ2) is 12.1. The smallest absolute Gasteiger partial charge is 0.263 e. The first-order valence-corrected chi connectivity index (χ1v) is 14.1. The summed E-state index contributed by atoms with van der Waals surface area (Å²) in [6.07, 6.45) is 2.58. The lowest BCUT2D eigenvalue weighted by molar-refractivity contribution is 0.0378. The molecule has 0 aliphatic carbocycles. The minimum Gasteiger partial charge on any atom is -0.384 e. The molecule has 5 rings (SSSR count). The lowest BCUT2D eigenvalue weighted by atomic mass is 10.1. The van der Waals surface area contributed by atoms with E-state index in [4.69, 9.17) is 4.74 Å². The lowest BCUT2D eigenvalue weighted by Crippen LogP contribution is -2.37. The van der Waals surface area contributed by atoms with Crippen molar-refractivity contribution in [2.24, 2.45) is 10.2 Å². The van der Waals surface area contributed by atoms with Crippen LogP contribution >= 0.6 is 0 Å². The number of sulfonamides is 1. The molecule has 2 heterocycles. The molecule has 3 aromatic carbocycles. The monoisotopic (exact) mass is 530 g/mol. The van der Waals surface area contributed by atoms with Crippen molar-refractivity contribution in [2.75, 3.05) is 49.4 Å². The van der Waals surface area contributed by atoms with Crippen LogP contribution in [-0.2, 0) is 14.8 Å². The normalized spacial score (nSPS) is 14.6. The van der Waals surface area contributed by atoms with E-state index in [2.05, 4.69) is 36.2 Å². The predicted molar refractivity (Wildman–Crippen MR) is 150 cm³/mol. The van der Waals surface area contributed by atoms with Gasteiger partial charge in [0.05, 0.1) is 29.5 Å². The SMILES string of the molecule is O=S(=O)(Nc1ccccn1)c1ccc(N=Nc2ccc(NCCCN3CCOCC3)c3ccccc23)cc1. The number of anilines is 2. The fourth-order valence-electron chi connectivity index (χ4n) is 4.30. The van der Waals surface area contributed by atoms with Crippen LogP contribution in [0.4, 0.5) is 22.9 Å². The molecule has 4 aromatic rings. The quantitative estimate of drug-likeness (QED) is 0.205. The van der Waals surface area contributed by atoms with Gasteiger partial charge in [-0.1, -0.05) is 30.3 Å². The molecular formula is C28H30N6O3S. The number of azo groups is 1. The van der Waals surface area contributed by atoms with Gasteiger partial charge in [0.1, 0.15) is 5.82 Å². The Balaban J connectivity index is 1.25. The van der Waals surface area contributed by atoms with E-state index in [1.807, 2.05) is 30.3 Å². The average Bonchev–Trinajstić information content (AvgIpc) is 2.96. The number of ether oxygens (including phenoxy) is 1. The number of rotatable bonds is 10. The highest BCUT2D eigenvalue weighted by Crippen LogP contribution is 2.33. The van der Waals surface area contributed by atoms with Crippen LogP contribution in [0, 0.1) is 0 Å². The van der Waals surface area contributed by atoms with Gasteiger partial charge in [-0.2, -0.15) is 5.11 Å². The number of fused-ring (bicyclic) bond motifs is 1. The van der Waals surface area contributed by atoms with Crippen LogP contribution in [0.25, 0.3) is 10.8 Å². The molecule has 1 aromatic heterocycles. The summed E-state index contributed by atoms with van der Waals surface area (Å²) in [5, 5.41) is 14.5. The summed E-state index contributed by atoms with van der Waals surface area (Å²) >= 11 is 0. The first-order chi connectivity index (χ1) is 18.6. The van der Waals surface area contributed by atoms with E-state index < -0.39 is 10.0 Å². The van der Waals surface area contributed by atoms with E-state index in [-0.39, 0.29) is 10.7 Å². The van der Waals surface area contributed by atoms with Crippen LogP contribution in [-0.4, -0.2) is 57.7 Å². The Kier molecular flexibility index (Phi) is 8.22. The second-order valence-corrected chi connectivity index (χ2v) is 10.6. The van der Waals surface area contributed by atoms with E-state index >= 15 is 0 Å². The van der Waals surface area contributed by atoms with Gasteiger partial charge >= 0.3 is 0 Å². The number of morpholine rings is 1. The predicted octanol–water partition coefficient (Wildman–Crippen LogP) is 5.59. The molecule has 1 aliphatic heterocycles. The Labute approximate surface area is 222 Å².